The molecule has 5 heteroatoms. The number of rotatable bonds is 2. The highest BCUT2D eigenvalue weighted by Crippen LogP contribution is 2.36. The van der Waals surface area contributed by atoms with Crippen LogP contribution in [-0.2, 0) is 4.74 Å². The zero-order valence-corrected chi connectivity index (χ0v) is 10.4. The molecule has 1 heterocycles. The number of para-hydroxylation sites is 1. The number of amides is 1. The SMILES string of the molecule is CCOC(=O)N1CCC(=O)c2cccc(OC)c21. The fourth-order valence-corrected chi connectivity index (χ4v) is 2.03. The molecule has 1 aromatic carbocycles. The van der Waals surface area contributed by atoms with Crippen molar-refractivity contribution in [2.75, 3.05) is 25.2 Å². The van der Waals surface area contributed by atoms with Gasteiger partial charge < -0.3 is 9.47 Å². The Bertz CT molecular complexity index is 484. The minimum absolute atomic E-state index is 0.0180. The molecule has 0 aliphatic carbocycles. The number of ether oxygens (including phenoxy) is 2. The molecule has 5 nitrogen and oxygen atoms in total. The predicted octanol–water partition coefficient (Wildman–Crippen LogP) is 2.24. The van der Waals surface area contributed by atoms with Crippen molar-refractivity contribution in [3.05, 3.63) is 23.8 Å². The number of carbonyl (C=O) groups is 2. The second-order valence-electron chi connectivity index (χ2n) is 3.88. The van der Waals surface area contributed by atoms with Crippen LogP contribution in [0.2, 0.25) is 0 Å². The van der Waals surface area contributed by atoms with Gasteiger partial charge in [0.1, 0.15) is 5.75 Å². The lowest BCUT2D eigenvalue weighted by atomic mass is 10.00. The van der Waals surface area contributed by atoms with Crippen LogP contribution >= 0.6 is 0 Å². The Balaban J connectivity index is 2.47. The van der Waals surface area contributed by atoms with Crippen LogP contribution in [0.1, 0.15) is 23.7 Å². The number of benzene rings is 1. The molecule has 0 saturated carbocycles. The summed E-state index contributed by atoms with van der Waals surface area (Å²) in [7, 11) is 1.51. The Morgan fingerprint density at radius 2 is 2.22 bits per heavy atom. The van der Waals surface area contributed by atoms with Crippen LogP contribution in [0.15, 0.2) is 18.2 Å². The lowest BCUT2D eigenvalue weighted by Gasteiger charge is -2.29. The number of fused-ring (bicyclic) bond motifs is 1. The van der Waals surface area contributed by atoms with Crippen molar-refractivity contribution in [1.82, 2.24) is 0 Å². The minimum atomic E-state index is -0.448. The zero-order valence-electron chi connectivity index (χ0n) is 10.4. The molecule has 1 aliphatic rings. The van der Waals surface area contributed by atoms with Crippen molar-refractivity contribution in [1.29, 1.82) is 0 Å². The summed E-state index contributed by atoms with van der Waals surface area (Å²) in [5.41, 5.74) is 1.02. The summed E-state index contributed by atoms with van der Waals surface area (Å²) in [6.07, 6.45) is -0.144. The van der Waals surface area contributed by atoms with E-state index in [4.69, 9.17) is 9.47 Å². The van der Waals surface area contributed by atoms with Gasteiger partial charge in [0.15, 0.2) is 5.78 Å². The Morgan fingerprint density at radius 1 is 1.44 bits per heavy atom. The van der Waals surface area contributed by atoms with Crippen molar-refractivity contribution >= 4 is 17.6 Å². The molecular formula is C13H15NO4. The van der Waals surface area contributed by atoms with Crippen molar-refractivity contribution in [2.24, 2.45) is 0 Å². The van der Waals surface area contributed by atoms with E-state index in [1.807, 2.05) is 0 Å². The molecule has 0 radical (unpaired) electrons. The van der Waals surface area contributed by atoms with Gasteiger partial charge in [-0.1, -0.05) is 6.07 Å². The van der Waals surface area contributed by atoms with Gasteiger partial charge in [-0.15, -0.1) is 0 Å². The number of hydrogen-bond acceptors (Lipinski definition) is 4. The first kappa shape index (κ1) is 12.4. The van der Waals surface area contributed by atoms with E-state index in [0.29, 0.717) is 36.6 Å². The van der Waals surface area contributed by atoms with Crippen molar-refractivity contribution in [2.45, 2.75) is 13.3 Å². The molecule has 0 bridgehead atoms. The van der Waals surface area contributed by atoms with Gasteiger partial charge >= 0.3 is 6.09 Å². The van der Waals surface area contributed by atoms with E-state index in [1.54, 1.807) is 25.1 Å². The van der Waals surface area contributed by atoms with Gasteiger partial charge in [-0.2, -0.15) is 0 Å². The van der Waals surface area contributed by atoms with Gasteiger partial charge in [-0.25, -0.2) is 4.79 Å². The van der Waals surface area contributed by atoms with Gasteiger partial charge in [0.2, 0.25) is 0 Å². The standard InChI is InChI=1S/C13H15NO4/c1-3-18-13(16)14-8-7-10(15)9-5-4-6-11(17-2)12(9)14/h4-6H,3,7-8H2,1-2H3. The van der Waals surface area contributed by atoms with E-state index in [2.05, 4.69) is 0 Å². The van der Waals surface area contributed by atoms with Crippen LogP contribution in [0.5, 0.6) is 5.75 Å². The molecule has 0 spiro atoms. The summed E-state index contributed by atoms with van der Waals surface area (Å²) in [4.78, 5) is 25.2. The van der Waals surface area contributed by atoms with Crippen LogP contribution < -0.4 is 9.64 Å². The molecule has 1 amide bonds. The Kier molecular flexibility index (Phi) is 3.50. The molecule has 1 aromatic rings. The highest BCUT2D eigenvalue weighted by atomic mass is 16.6. The first-order chi connectivity index (χ1) is 8.69. The van der Waals surface area contributed by atoms with Gasteiger partial charge in [0.05, 0.1) is 19.4 Å². The second-order valence-corrected chi connectivity index (χ2v) is 3.88. The van der Waals surface area contributed by atoms with Gasteiger partial charge in [0, 0.05) is 18.5 Å². The molecule has 96 valence electrons. The van der Waals surface area contributed by atoms with E-state index >= 15 is 0 Å². The highest BCUT2D eigenvalue weighted by Gasteiger charge is 2.30. The Morgan fingerprint density at radius 3 is 2.89 bits per heavy atom. The fraction of sp³-hybridized carbons (Fsp3) is 0.385. The summed E-state index contributed by atoms with van der Waals surface area (Å²) in [5.74, 6) is 0.526. The molecule has 2 rings (SSSR count). The van der Waals surface area contributed by atoms with Gasteiger partial charge in [0.25, 0.3) is 0 Å². The molecule has 0 N–H and O–H groups in total. The third-order valence-electron chi connectivity index (χ3n) is 2.84. The fourth-order valence-electron chi connectivity index (χ4n) is 2.03. The molecular weight excluding hydrogens is 234 g/mol. The van der Waals surface area contributed by atoms with Crippen LogP contribution in [-0.4, -0.2) is 32.1 Å². The van der Waals surface area contributed by atoms with Crippen LogP contribution in [0.3, 0.4) is 0 Å². The van der Waals surface area contributed by atoms with Crippen molar-refractivity contribution < 1.29 is 19.1 Å². The minimum Gasteiger partial charge on any atom is -0.495 e. The van der Waals surface area contributed by atoms with Gasteiger partial charge in [-0.05, 0) is 19.1 Å². The number of hydrogen-bond donors (Lipinski definition) is 0. The second kappa shape index (κ2) is 5.08. The summed E-state index contributed by atoms with van der Waals surface area (Å²) in [6, 6.07) is 5.17. The molecule has 18 heavy (non-hydrogen) atoms. The number of methoxy groups -OCH3 is 1. The summed E-state index contributed by atoms with van der Waals surface area (Å²) >= 11 is 0. The largest absolute Gasteiger partial charge is 0.495 e. The van der Waals surface area contributed by atoms with Crippen LogP contribution in [0, 0.1) is 0 Å². The molecule has 0 atom stereocenters. The third kappa shape index (κ3) is 2.03. The van der Waals surface area contributed by atoms with Gasteiger partial charge in [-0.3, -0.25) is 9.69 Å². The molecule has 0 aromatic heterocycles. The molecule has 0 saturated heterocycles. The van der Waals surface area contributed by atoms with E-state index in [9.17, 15) is 9.59 Å². The number of Topliss-reactive ketones (excluding diaryl/α,β-unsaturated/α-hetero) is 1. The van der Waals surface area contributed by atoms with E-state index in [1.165, 1.54) is 12.0 Å². The topological polar surface area (TPSA) is 55.8 Å². The average Bonchev–Trinajstić information content (AvgIpc) is 2.39. The summed E-state index contributed by atoms with van der Waals surface area (Å²) in [5, 5.41) is 0. The van der Waals surface area contributed by atoms with Crippen LogP contribution in [0.25, 0.3) is 0 Å². The normalized spacial score (nSPS) is 14.1. The molecule has 0 fully saturated rings. The first-order valence-corrected chi connectivity index (χ1v) is 5.83. The van der Waals surface area contributed by atoms with E-state index in [0.717, 1.165) is 0 Å². The predicted molar refractivity (Wildman–Crippen MR) is 66.3 cm³/mol. The maximum atomic E-state index is 11.9. The quantitative estimate of drug-likeness (QED) is 0.806. The zero-order chi connectivity index (χ0) is 13.1. The lowest BCUT2D eigenvalue weighted by Crippen LogP contribution is -2.38. The maximum absolute atomic E-state index is 11.9. The average molecular weight is 249 g/mol. The Labute approximate surface area is 105 Å². The third-order valence-corrected chi connectivity index (χ3v) is 2.84. The van der Waals surface area contributed by atoms with Crippen molar-refractivity contribution in [3.8, 4) is 5.75 Å². The number of ketones is 1. The number of carbonyl (C=O) groups excluding carboxylic acids is 2. The highest BCUT2D eigenvalue weighted by molar-refractivity contribution is 6.09. The van der Waals surface area contributed by atoms with Crippen LogP contribution in [0.4, 0.5) is 10.5 Å². The summed E-state index contributed by atoms with van der Waals surface area (Å²) in [6.45, 7) is 2.37. The maximum Gasteiger partial charge on any atom is 0.414 e. The smallest absolute Gasteiger partial charge is 0.414 e. The van der Waals surface area contributed by atoms with E-state index < -0.39 is 6.09 Å². The number of anilines is 1. The first-order valence-electron chi connectivity index (χ1n) is 5.83. The Hall–Kier alpha value is -2.04. The summed E-state index contributed by atoms with van der Waals surface area (Å²) < 4.78 is 10.2. The van der Waals surface area contributed by atoms with E-state index in [-0.39, 0.29) is 5.78 Å². The molecule has 1 aliphatic heterocycles. The van der Waals surface area contributed by atoms with Crippen molar-refractivity contribution in [3.63, 3.8) is 0 Å². The number of nitrogens with zero attached hydrogens (tertiary/aromatic N) is 1. The molecule has 0 unspecified atom stereocenters. The monoisotopic (exact) mass is 249 g/mol. The lowest BCUT2D eigenvalue weighted by molar-refractivity contribution is 0.0978.